The number of aromatic nitrogens is 3. The van der Waals surface area contributed by atoms with Crippen LogP contribution in [0.4, 0.5) is 13.2 Å². The van der Waals surface area contributed by atoms with Gasteiger partial charge in [-0.1, -0.05) is 12.1 Å². The number of hydrogen-bond donors (Lipinski definition) is 1. The van der Waals surface area contributed by atoms with E-state index in [9.17, 15) is 23.1 Å². The Morgan fingerprint density at radius 3 is 2.52 bits per heavy atom. The molecule has 1 aliphatic heterocycles. The number of carbonyl (C=O) groups is 1. The molecule has 4 aromatic rings. The summed E-state index contributed by atoms with van der Waals surface area (Å²) in [5.74, 6) is 0.0337. The summed E-state index contributed by atoms with van der Waals surface area (Å²) >= 11 is 0. The number of aryl methyl sites for hydroxylation is 1. The van der Waals surface area contributed by atoms with Crippen molar-refractivity contribution in [3.8, 4) is 28.5 Å². The van der Waals surface area contributed by atoms with Crippen LogP contribution in [0.15, 0.2) is 42.6 Å². The van der Waals surface area contributed by atoms with Crippen LogP contribution >= 0.6 is 0 Å². The first kappa shape index (κ1) is 29.3. The van der Waals surface area contributed by atoms with Gasteiger partial charge in [0.1, 0.15) is 17.3 Å². The van der Waals surface area contributed by atoms with E-state index in [0.717, 1.165) is 38.1 Å². The molecule has 42 heavy (non-hydrogen) atoms. The van der Waals surface area contributed by atoms with Crippen LogP contribution in [0.25, 0.3) is 22.0 Å². The van der Waals surface area contributed by atoms with E-state index in [1.54, 1.807) is 56.5 Å². The quantitative estimate of drug-likeness (QED) is 0.264. The fraction of sp³-hybridized carbons (Fsp3) is 0.367. The van der Waals surface area contributed by atoms with Gasteiger partial charge in [0.2, 0.25) is 5.88 Å². The van der Waals surface area contributed by atoms with Gasteiger partial charge >= 0.3 is 12.1 Å². The first-order valence-electron chi connectivity index (χ1n) is 13.5. The zero-order valence-electron chi connectivity index (χ0n) is 23.8. The number of carboxylic acids is 1. The number of methoxy groups -OCH3 is 1. The summed E-state index contributed by atoms with van der Waals surface area (Å²) in [5, 5.41) is 10.7. The number of rotatable bonds is 9. The largest absolute Gasteiger partial charge is 0.496 e. The van der Waals surface area contributed by atoms with Gasteiger partial charge in [-0.05, 0) is 58.2 Å². The number of benzene rings is 2. The number of aromatic carboxylic acids is 1. The topological polar surface area (TPSA) is 92.9 Å². The number of para-hydroxylation sites is 1. The van der Waals surface area contributed by atoms with Crippen LogP contribution in [0.3, 0.4) is 0 Å². The second-order valence-corrected chi connectivity index (χ2v) is 10.6. The van der Waals surface area contributed by atoms with Crippen LogP contribution in [0.2, 0.25) is 0 Å². The molecule has 222 valence electrons. The molecule has 2 aromatic heterocycles. The molecule has 0 amide bonds. The molecule has 1 fully saturated rings. The summed E-state index contributed by atoms with van der Waals surface area (Å²) in [6, 6.07) is 8.59. The normalized spacial score (nSPS) is 14.2. The van der Waals surface area contributed by atoms with E-state index >= 15 is 0 Å². The minimum Gasteiger partial charge on any atom is -0.496 e. The summed E-state index contributed by atoms with van der Waals surface area (Å²) in [6.45, 7) is 2.69. The molecule has 0 bridgehead atoms. The Morgan fingerprint density at radius 2 is 1.88 bits per heavy atom. The number of nitrogens with zero attached hydrogens (tertiary/aromatic N) is 5. The van der Waals surface area contributed by atoms with Gasteiger partial charge < -0.3 is 24.0 Å². The van der Waals surface area contributed by atoms with Crippen LogP contribution in [0.5, 0.6) is 17.4 Å². The number of carboxylic acid groups (broad SMARTS) is 1. The van der Waals surface area contributed by atoms with Gasteiger partial charge in [0.15, 0.2) is 5.75 Å². The smallest absolute Gasteiger partial charge is 0.416 e. The van der Waals surface area contributed by atoms with Crippen molar-refractivity contribution in [3.05, 3.63) is 65.2 Å². The lowest BCUT2D eigenvalue weighted by Crippen LogP contribution is -2.20. The fourth-order valence-electron chi connectivity index (χ4n) is 5.59. The number of ether oxygens (including phenoxy) is 2. The van der Waals surface area contributed by atoms with Gasteiger partial charge in [-0.3, -0.25) is 4.90 Å². The molecule has 12 heteroatoms. The van der Waals surface area contributed by atoms with E-state index in [-0.39, 0.29) is 40.6 Å². The maximum atomic E-state index is 14.1. The van der Waals surface area contributed by atoms with E-state index < -0.39 is 17.7 Å². The lowest BCUT2D eigenvalue weighted by molar-refractivity contribution is -0.137. The zero-order chi connectivity index (χ0) is 30.2. The number of alkyl halides is 3. The van der Waals surface area contributed by atoms with Crippen molar-refractivity contribution >= 4 is 16.9 Å². The average Bonchev–Trinajstić information content (AvgIpc) is 3.53. The molecule has 5 rings (SSSR count). The van der Waals surface area contributed by atoms with Crippen molar-refractivity contribution in [3.63, 3.8) is 0 Å². The Morgan fingerprint density at radius 1 is 1.14 bits per heavy atom. The molecule has 0 aliphatic carbocycles. The standard InChI is InChI=1S/C30H32F3N5O4/c1-36(2)16-18-14-19(30(31,32)33)15-21(28(18)41-4)25-20-8-7-9-22(26(20)37(3)27(25)29(39)40)42-24-10-11-34-23(35-24)17-38-12-5-6-13-38/h7-11,14-15H,5-6,12-13,16-17H2,1-4H3,(H,39,40). The second-order valence-electron chi connectivity index (χ2n) is 10.6. The van der Waals surface area contributed by atoms with Crippen molar-refractivity contribution in [1.29, 1.82) is 0 Å². The molecule has 2 aromatic carbocycles. The van der Waals surface area contributed by atoms with Gasteiger partial charge in [-0.25, -0.2) is 9.78 Å². The number of fused-ring (bicyclic) bond motifs is 1. The van der Waals surface area contributed by atoms with Gasteiger partial charge in [0, 0.05) is 47.9 Å². The lowest BCUT2D eigenvalue weighted by Gasteiger charge is -2.20. The molecule has 0 saturated carbocycles. The Kier molecular flexibility index (Phi) is 8.11. The van der Waals surface area contributed by atoms with Crippen LogP contribution in [-0.4, -0.2) is 69.7 Å². The maximum absolute atomic E-state index is 14.1. The first-order valence-corrected chi connectivity index (χ1v) is 13.5. The predicted molar refractivity (Wildman–Crippen MR) is 151 cm³/mol. The van der Waals surface area contributed by atoms with E-state index in [4.69, 9.17) is 9.47 Å². The van der Waals surface area contributed by atoms with Crippen LogP contribution in [0.1, 0.15) is 40.3 Å². The highest BCUT2D eigenvalue weighted by atomic mass is 19.4. The van der Waals surface area contributed by atoms with Crippen molar-refractivity contribution in [1.82, 2.24) is 24.3 Å². The van der Waals surface area contributed by atoms with Gasteiger partial charge in [0.25, 0.3) is 0 Å². The van der Waals surface area contributed by atoms with Gasteiger partial charge in [-0.2, -0.15) is 18.2 Å². The Labute approximate surface area is 241 Å². The fourth-order valence-corrected chi connectivity index (χ4v) is 5.59. The van der Waals surface area contributed by atoms with Crippen LogP contribution < -0.4 is 9.47 Å². The van der Waals surface area contributed by atoms with Crippen molar-refractivity contribution in [2.75, 3.05) is 34.3 Å². The van der Waals surface area contributed by atoms with E-state index in [1.807, 2.05) is 0 Å². The first-order chi connectivity index (χ1) is 20.0. The molecule has 9 nitrogen and oxygen atoms in total. The minimum absolute atomic E-state index is 0.0271. The zero-order valence-corrected chi connectivity index (χ0v) is 23.8. The lowest BCUT2D eigenvalue weighted by atomic mass is 9.95. The number of halogens is 3. The molecular formula is C30H32F3N5O4. The highest BCUT2D eigenvalue weighted by molar-refractivity contribution is 6.10. The molecule has 0 unspecified atom stereocenters. The van der Waals surface area contributed by atoms with Crippen LogP contribution in [-0.2, 0) is 26.3 Å². The van der Waals surface area contributed by atoms with E-state index in [2.05, 4.69) is 14.9 Å². The summed E-state index contributed by atoms with van der Waals surface area (Å²) < 4.78 is 55.4. The second kappa shape index (κ2) is 11.6. The van der Waals surface area contributed by atoms with Crippen molar-refractivity contribution in [2.45, 2.75) is 32.1 Å². The summed E-state index contributed by atoms with van der Waals surface area (Å²) in [5.41, 5.74) is -0.308. The highest BCUT2D eigenvalue weighted by Crippen LogP contribution is 2.46. The third kappa shape index (κ3) is 5.77. The van der Waals surface area contributed by atoms with Crippen molar-refractivity contribution in [2.24, 2.45) is 7.05 Å². The molecule has 0 atom stereocenters. The summed E-state index contributed by atoms with van der Waals surface area (Å²) in [7, 11) is 6.36. The molecule has 1 saturated heterocycles. The van der Waals surface area contributed by atoms with E-state index in [0.29, 0.717) is 29.0 Å². The third-order valence-corrected chi connectivity index (χ3v) is 7.29. The van der Waals surface area contributed by atoms with Gasteiger partial charge in [0.05, 0.1) is 24.7 Å². The monoisotopic (exact) mass is 583 g/mol. The Bertz CT molecular complexity index is 1630. The predicted octanol–water partition coefficient (Wildman–Crippen LogP) is 5.81. The van der Waals surface area contributed by atoms with Crippen LogP contribution in [0, 0.1) is 0 Å². The van der Waals surface area contributed by atoms with E-state index in [1.165, 1.54) is 11.7 Å². The third-order valence-electron chi connectivity index (χ3n) is 7.29. The Balaban J connectivity index is 1.68. The minimum atomic E-state index is -4.66. The highest BCUT2D eigenvalue weighted by Gasteiger charge is 2.35. The molecule has 1 aliphatic rings. The Hall–Kier alpha value is -4.16. The molecule has 3 heterocycles. The van der Waals surface area contributed by atoms with Gasteiger partial charge in [-0.15, -0.1) is 0 Å². The summed E-state index contributed by atoms with van der Waals surface area (Å²) in [4.78, 5) is 25.5. The SMILES string of the molecule is COc1c(CN(C)C)cc(C(F)(F)F)cc1-c1c(C(=O)O)n(C)c2c(Oc3ccnc(CN4CCCC4)n3)cccc12. The number of likely N-dealkylation sites (tertiary alicyclic amines) is 1. The summed E-state index contributed by atoms with van der Waals surface area (Å²) in [6.07, 6.45) is -0.794. The number of hydrogen-bond acceptors (Lipinski definition) is 7. The molecule has 0 spiro atoms. The molecule has 0 radical (unpaired) electrons. The average molecular weight is 584 g/mol. The van der Waals surface area contributed by atoms with Crippen molar-refractivity contribution < 1.29 is 32.5 Å². The molecular weight excluding hydrogens is 551 g/mol. The maximum Gasteiger partial charge on any atom is 0.416 e. The molecule has 1 N–H and O–H groups in total.